The van der Waals surface area contributed by atoms with Crippen LogP contribution in [0.15, 0.2) is 12.7 Å². The summed E-state index contributed by atoms with van der Waals surface area (Å²) in [7, 11) is -16.4. The van der Waals surface area contributed by atoms with Crippen molar-refractivity contribution in [1.82, 2.24) is 30.2 Å². The van der Waals surface area contributed by atoms with Crippen LogP contribution in [-0.4, -0.2) is 140 Å². The number of carbonyl (C=O) groups excluding carboxylic acids is 3. The van der Waals surface area contributed by atoms with Crippen molar-refractivity contribution in [3.05, 3.63) is 12.7 Å². The van der Waals surface area contributed by atoms with Gasteiger partial charge in [-0.15, -0.1) is 11.8 Å². The molecule has 1 aliphatic heterocycles. The molecule has 1 fully saturated rings. The number of imidazole rings is 1. The average Bonchev–Trinajstić information content (AvgIpc) is 3.64. The fraction of sp³-hybridized carbons (Fsp3) is 0.680. The number of aliphatic hydroxyl groups excluding tert-OH is 3. The molecule has 8 atom stereocenters. The van der Waals surface area contributed by atoms with Gasteiger partial charge in [0.2, 0.25) is 11.8 Å². The molecule has 25 nitrogen and oxygen atoms in total. The second-order valence-corrected chi connectivity index (χ2v) is 18.6. The number of aromatic nitrogens is 4. The molecule has 0 bridgehead atoms. The summed E-state index contributed by atoms with van der Waals surface area (Å²) in [5, 5.41) is 35.5. The molecular weight excluding hydrogens is 843 g/mol. The number of thioether (sulfide) groups is 2. The molecule has 2 amide bonds. The van der Waals surface area contributed by atoms with Crippen LogP contribution >= 0.6 is 47.0 Å². The Bertz CT molecular complexity index is 1800. The topological polar surface area (TPSA) is 384 Å². The van der Waals surface area contributed by atoms with Crippen LogP contribution in [0.2, 0.25) is 0 Å². The monoisotopic (exact) mass is 885 g/mol. The van der Waals surface area contributed by atoms with Crippen molar-refractivity contribution >= 4 is 80.9 Å². The fourth-order valence-electron chi connectivity index (χ4n) is 4.58. The van der Waals surface area contributed by atoms with E-state index in [-0.39, 0.29) is 53.8 Å². The van der Waals surface area contributed by atoms with Gasteiger partial charge in [0.1, 0.15) is 41.7 Å². The number of rotatable bonds is 22. The van der Waals surface area contributed by atoms with Crippen LogP contribution in [0.5, 0.6) is 0 Å². The number of ether oxygens (including phenoxy) is 1. The van der Waals surface area contributed by atoms with Gasteiger partial charge in [0, 0.05) is 30.7 Å². The largest absolute Gasteiger partial charge is 0.481 e. The summed E-state index contributed by atoms with van der Waals surface area (Å²) in [5.74, 6) is -1.26. The lowest BCUT2D eigenvalue weighted by molar-refractivity contribution is -0.137. The van der Waals surface area contributed by atoms with E-state index in [9.17, 15) is 63.0 Å². The highest BCUT2D eigenvalue weighted by Crippen LogP contribution is 2.61. The summed E-state index contributed by atoms with van der Waals surface area (Å²) in [6.45, 7) is 0.355. The number of phosphoric acid groups is 3. The first-order chi connectivity index (χ1) is 25.4. The molecule has 0 saturated carbocycles. The van der Waals surface area contributed by atoms with Gasteiger partial charge in [-0.3, -0.25) is 32.5 Å². The lowest BCUT2D eigenvalue weighted by Gasteiger charge is -2.30. The third kappa shape index (κ3) is 14.6. The molecule has 30 heteroatoms. The minimum absolute atomic E-state index is 0.0257. The van der Waals surface area contributed by atoms with Crippen molar-refractivity contribution < 1.29 is 85.6 Å². The molecule has 55 heavy (non-hydrogen) atoms. The van der Waals surface area contributed by atoms with Gasteiger partial charge in [-0.25, -0.2) is 28.6 Å². The summed E-state index contributed by atoms with van der Waals surface area (Å²) >= 11 is 2.07. The highest BCUT2D eigenvalue weighted by molar-refractivity contribution is 8.13. The molecule has 2 aromatic rings. The van der Waals surface area contributed by atoms with E-state index in [1.54, 1.807) is 6.26 Å². The number of hydrogen-bond donors (Lipinski definition) is 10. The third-order valence-corrected chi connectivity index (χ3v) is 12.1. The van der Waals surface area contributed by atoms with Gasteiger partial charge in [-0.1, -0.05) is 25.6 Å². The molecule has 11 N–H and O–H groups in total. The van der Waals surface area contributed by atoms with E-state index in [1.807, 2.05) is 0 Å². The Balaban J connectivity index is 1.49. The minimum atomic E-state index is -5.58. The van der Waals surface area contributed by atoms with E-state index >= 15 is 0 Å². The normalized spacial score (nSPS) is 22.4. The Morgan fingerprint density at radius 2 is 1.73 bits per heavy atom. The van der Waals surface area contributed by atoms with Gasteiger partial charge >= 0.3 is 23.5 Å². The summed E-state index contributed by atoms with van der Waals surface area (Å²) < 4.78 is 62.0. The maximum absolute atomic E-state index is 12.7. The van der Waals surface area contributed by atoms with Gasteiger partial charge in [-0.05, 0) is 6.26 Å². The van der Waals surface area contributed by atoms with Crippen LogP contribution in [0, 0.1) is 5.41 Å². The zero-order valence-corrected chi connectivity index (χ0v) is 33.5. The molecule has 0 aliphatic carbocycles. The van der Waals surface area contributed by atoms with E-state index in [4.69, 9.17) is 19.5 Å². The van der Waals surface area contributed by atoms with Crippen LogP contribution in [0.4, 0.5) is 5.82 Å². The van der Waals surface area contributed by atoms with Gasteiger partial charge in [0.15, 0.2) is 22.8 Å². The standard InChI is InChI=1S/C25H42N7O18P3S2/c1-25(2,20(37)23(38)28-5-4-14(33)27-6-7-55-16(35)8-15(34)54-3)10-47-53(44,45)50-52(42,43)46-9-13-19(49-51(39,40)41)18(36)24(48-13)32-12-31-17-21(26)29-11-30-22(17)32/h11-13,15,18-20,24,34,36-37H,4-10H2,1-3H3,(H,27,33)(H,28,38)(H,42,43)(H,44,45)(H2,26,29,30)(H2,39,40,41)/t13-,15?,18-,19-,20+,24-/m1/s1. The Kier molecular flexibility index (Phi) is 17.2. The molecule has 1 aliphatic rings. The first-order valence-electron chi connectivity index (χ1n) is 15.7. The lowest BCUT2D eigenvalue weighted by Crippen LogP contribution is -2.46. The fourth-order valence-corrected chi connectivity index (χ4v) is 8.54. The Labute approximate surface area is 320 Å². The molecule has 3 heterocycles. The maximum atomic E-state index is 12.7. The lowest BCUT2D eigenvalue weighted by atomic mass is 9.87. The molecule has 0 spiro atoms. The summed E-state index contributed by atoms with van der Waals surface area (Å²) in [5.41, 5.74) is 3.42. The maximum Gasteiger partial charge on any atom is 0.481 e. The van der Waals surface area contributed by atoms with Gasteiger partial charge < -0.3 is 56.0 Å². The highest BCUT2D eigenvalue weighted by Gasteiger charge is 2.50. The van der Waals surface area contributed by atoms with Crippen molar-refractivity contribution in [2.45, 2.75) is 62.8 Å². The number of nitrogens with two attached hydrogens (primary N) is 1. The average molecular weight is 886 g/mol. The summed E-state index contributed by atoms with van der Waals surface area (Å²) in [6.07, 6.45) is -5.38. The number of phosphoric ester groups is 3. The number of carbonyl (C=O) groups is 3. The van der Waals surface area contributed by atoms with Crippen LogP contribution in [-0.2, 0) is 50.7 Å². The smallest absolute Gasteiger partial charge is 0.386 e. The van der Waals surface area contributed by atoms with Gasteiger partial charge in [0.25, 0.3) is 0 Å². The number of nitrogen functional groups attached to an aromatic ring is 1. The third-order valence-electron chi connectivity index (χ3n) is 7.38. The van der Waals surface area contributed by atoms with E-state index in [1.165, 1.54) is 13.8 Å². The number of aliphatic hydroxyl groups is 3. The Hall–Kier alpha value is -2.13. The quantitative estimate of drug-likeness (QED) is 0.0374. The number of fused-ring (bicyclic) bond motifs is 1. The molecule has 0 aromatic carbocycles. The predicted molar refractivity (Wildman–Crippen MR) is 191 cm³/mol. The van der Waals surface area contributed by atoms with E-state index < -0.39 is 90.0 Å². The van der Waals surface area contributed by atoms with Gasteiger partial charge in [0.05, 0.1) is 26.0 Å². The van der Waals surface area contributed by atoms with Crippen molar-refractivity contribution in [2.24, 2.45) is 5.41 Å². The molecule has 0 radical (unpaired) electrons. The van der Waals surface area contributed by atoms with Crippen molar-refractivity contribution in [1.29, 1.82) is 0 Å². The molecule has 3 rings (SSSR count). The molecule has 2 aromatic heterocycles. The van der Waals surface area contributed by atoms with E-state index in [2.05, 4.69) is 34.4 Å². The number of anilines is 1. The van der Waals surface area contributed by atoms with Crippen LogP contribution in [0.3, 0.4) is 0 Å². The number of amides is 2. The van der Waals surface area contributed by atoms with Crippen LogP contribution < -0.4 is 16.4 Å². The van der Waals surface area contributed by atoms with Crippen LogP contribution in [0.25, 0.3) is 11.2 Å². The zero-order valence-electron chi connectivity index (χ0n) is 29.2. The van der Waals surface area contributed by atoms with E-state index in [0.29, 0.717) is 0 Å². The second kappa shape index (κ2) is 20.0. The van der Waals surface area contributed by atoms with E-state index in [0.717, 1.165) is 40.7 Å². The predicted octanol–water partition coefficient (Wildman–Crippen LogP) is -1.26. The number of nitrogens with zero attached hydrogens (tertiary/aromatic N) is 4. The number of hydrogen-bond acceptors (Lipinski definition) is 20. The zero-order chi connectivity index (χ0) is 41.4. The summed E-state index contributed by atoms with van der Waals surface area (Å²) in [4.78, 5) is 87.1. The van der Waals surface area contributed by atoms with Crippen molar-refractivity contribution in [3.8, 4) is 0 Å². The SMILES string of the molecule is CSC(O)CC(=O)SCCNC(=O)CCNC(=O)[C@H](O)C(C)(C)COP(=O)(O)OP(=O)(O)OC[C@H]1O[C@@H](n2cnc3c(N)ncnc32)[C@H](O)[C@@H]1OP(=O)(O)O. The second-order valence-electron chi connectivity index (χ2n) is 12.2. The number of nitrogens with one attached hydrogen (secondary N) is 2. The first kappa shape index (κ1) is 47.2. The molecular formula is C25H42N7O18P3S2. The van der Waals surface area contributed by atoms with Crippen LogP contribution in [0.1, 0.15) is 32.9 Å². The van der Waals surface area contributed by atoms with Gasteiger partial charge in [-0.2, -0.15) is 4.31 Å². The van der Waals surface area contributed by atoms with Crippen molar-refractivity contribution in [2.75, 3.05) is 44.0 Å². The minimum Gasteiger partial charge on any atom is -0.386 e. The summed E-state index contributed by atoms with van der Waals surface area (Å²) in [6, 6.07) is 0. The molecule has 1 saturated heterocycles. The molecule has 3 unspecified atom stereocenters. The first-order valence-corrected chi connectivity index (χ1v) is 22.5. The van der Waals surface area contributed by atoms with Crippen molar-refractivity contribution in [3.63, 3.8) is 0 Å². The Morgan fingerprint density at radius 3 is 2.38 bits per heavy atom. The highest BCUT2D eigenvalue weighted by atomic mass is 32.2. The molecule has 312 valence electrons. The Morgan fingerprint density at radius 1 is 1.05 bits per heavy atom.